The maximum atomic E-state index is 13.0. The molecule has 6 nitrogen and oxygen atoms in total. The molecule has 0 aromatic heterocycles. The second kappa shape index (κ2) is 12.3. The zero-order valence-electron chi connectivity index (χ0n) is 24.6. The Hall–Kier alpha value is -1.58. The smallest absolute Gasteiger partial charge is 0.192 e. The van der Waals surface area contributed by atoms with Crippen LogP contribution in [0.5, 0.6) is 0 Å². The molecular formula is C33H48O6Si. The number of benzene rings is 2. The van der Waals surface area contributed by atoms with E-state index in [1.165, 1.54) is 0 Å². The van der Waals surface area contributed by atoms with Crippen molar-refractivity contribution in [2.45, 2.75) is 126 Å². The lowest BCUT2D eigenvalue weighted by Gasteiger charge is -2.59. The Bertz CT molecular complexity index is 1070. The Morgan fingerprint density at radius 1 is 0.850 bits per heavy atom. The summed E-state index contributed by atoms with van der Waals surface area (Å²) in [7, 11) is -2.06. The van der Waals surface area contributed by atoms with Crippen molar-refractivity contribution in [1.29, 1.82) is 0 Å². The summed E-state index contributed by atoms with van der Waals surface area (Å²) in [5.74, 6) is -0.493. The Morgan fingerprint density at radius 3 is 1.98 bits per heavy atom. The summed E-state index contributed by atoms with van der Waals surface area (Å²) < 4.78 is 27.3. The summed E-state index contributed by atoms with van der Waals surface area (Å²) in [5, 5.41) is 25.1. The van der Waals surface area contributed by atoms with E-state index in [4.69, 9.17) is 18.6 Å². The van der Waals surface area contributed by atoms with Crippen molar-refractivity contribution in [3.63, 3.8) is 0 Å². The average molecular weight is 569 g/mol. The van der Waals surface area contributed by atoms with E-state index in [0.29, 0.717) is 19.6 Å². The highest BCUT2D eigenvalue weighted by Gasteiger charge is 2.79. The Kier molecular flexibility index (Phi) is 9.22. The first-order valence-electron chi connectivity index (χ1n) is 15.4. The number of hydrogen-bond donors (Lipinski definition) is 2. The second-order valence-corrected chi connectivity index (χ2v) is 16.8. The van der Waals surface area contributed by atoms with Crippen LogP contribution in [0.3, 0.4) is 0 Å². The molecule has 0 spiro atoms. The third-order valence-corrected chi connectivity index (χ3v) is 14.8. The minimum absolute atomic E-state index is 0.263. The van der Waals surface area contributed by atoms with Gasteiger partial charge in [-0.1, -0.05) is 94.8 Å². The first-order chi connectivity index (χ1) is 19.4. The van der Waals surface area contributed by atoms with Crippen LogP contribution < -0.4 is 0 Å². The van der Waals surface area contributed by atoms with Crippen LogP contribution in [-0.4, -0.2) is 60.3 Å². The van der Waals surface area contributed by atoms with Gasteiger partial charge in [-0.25, -0.2) is 0 Å². The maximum absolute atomic E-state index is 13.0. The van der Waals surface area contributed by atoms with E-state index in [1.54, 1.807) is 0 Å². The number of aliphatic hydroxyl groups is 2. The molecule has 1 aliphatic heterocycles. The molecule has 1 saturated heterocycles. The molecule has 1 heterocycles. The van der Waals surface area contributed by atoms with Gasteiger partial charge in [0.15, 0.2) is 8.32 Å². The molecule has 40 heavy (non-hydrogen) atoms. The molecular weight excluding hydrogens is 520 g/mol. The summed E-state index contributed by atoms with van der Waals surface area (Å²) in [6, 6.07) is 23.1. The molecule has 8 atom stereocenters. The molecule has 2 N–H and O–H groups in total. The van der Waals surface area contributed by atoms with Gasteiger partial charge in [0.25, 0.3) is 0 Å². The first kappa shape index (κ1) is 29.9. The lowest BCUT2D eigenvalue weighted by Crippen LogP contribution is -2.77. The van der Waals surface area contributed by atoms with Gasteiger partial charge in [-0.2, -0.15) is 0 Å². The molecule has 5 rings (SSSR count). The molecule has 0 amide bonds. The van der Waals surface area contributed by atoms with E-state index in [-0.39, 0.29) is 6.10 Å². The lowest BCUT2D eigenvalue weighted by molar-refractivity contribution is -0.297. The first-order valence-corrected chi connectivity index (χ1v) is 18.0. The van der Waals surface area contributed by atoms with Gasteiger partial charge in [-0.3, -0.25) is 0 Å². The molecule has 2 saturated carbocycles. The summed E-state index contributed by atoms with van der Waals surface area (Å²) in [6.07, 6.45) is -0.0324. The van der Waals surface area contributed by atoms with E-state index >= 15 is 0 Å². The highest BCUT2D eigenvalue weighted by Crippen LogP contribution is 2.62. The number of rotatable bonds is 13. The molecule has 4 bridgehead atoms. The Labute approximate surface area is 241 Å². The number of ether oxygens (including phenoxy) is 3. The standard InChI is InChI=1S/C33H48O6Si/c1-5-21-32-31(37-23-25-17-13-10-14-18-25)30(36-22-24-15-11-9-12-16-24)29(34)28-26(38-32)19-20-27(33(28,32)35)39-40(6-2,7-3)8-4/h9-18,26-31,34-35H,5-8,19-23H2,1-4H3/t26-,27-,28+,29-,30+,31-,32-,33-/m1/s1. The van der Waals surface area contributed by atoms with Gasteiger partial charge in [0.2, 0.25) is 0 Å². The highest BCUT2D eigenvalue weighted by atomic mass is 28.4. The summed E-state index contributed by atoms with van der Waals surface area (Å²) >= 11 is 0. The SMILES string of the molecule is CCC[C@]12O[C@@H]3CC[C@@H](O[Si](CC)(CC)CC)[C@@]1(O)[C@@H]3[C@@H](O)[C@H](OCc1ccccc1)[C@H]2OCc1ccccc1. The number of hydrogen-bond acceptors (Lipinski definition) is 6. The minimum atomic E-state index is -2.06. The van der Waals surface area contributed by atoms with Crippen molar-refractivity contribution in [3.8, 4) is 0 Å². The van der Waals surface area contributed by atoms with Gasteiger partial charge in [0, 0.05) is 5.92 Å². The van der Waals surface area contributed by atoms with Crippen molar-refractivity contribution in [1.82, 2.24) is 0 Å². The van der Waals surface area contributed by atoms with Gasteiger partial charge >= 0.3 is 0 Å². The second-order valence-electron chi connectivity index (χ2n) is 12.0. The van der Waals surface area contributed by atoms with E-state index in [9.17, 15) is 10.2 Å². The van der Waals surface area contributed by atoms with E-state index in [0.717, 1.165) is 48.5 Å². The fourth-order valence-corrected chi connectivity index (χ4v) is 10.8. The Morgan fingerprint density at radius 2 is 1.43 bits per heavy atom. The van der Waals surface area contributed by atoms with Crippen LogP contribution in [0.4, 0.5) is 0 Å². The summed E-state index contributed by atoms with van der Waals surface area (Å²) in [4.78, 5) is 0. The van der Waals surface area contributed by atoms with Crippen LogP contribution in [0.2, 0.25) is 18.1 Å². The van der Waals surface area contributed by atoms with Gasteiger partial charge in [0.05, 0.1) is 31.5 Å². The largest absolute Gasteiger partial charge is 0.411 e. The fraction of sp³-hybridized carbons (Fsp3) is 0.636. The molecule has 220 valence electrons. The van der Waals surface area contributed by atoms with Gasteiger partial charge in [0.1, 0.15) is 23.4 Å². The minimum Gasteiger partial charge on any atom is -0.411 e. The zero-order valence-corrected chi connectivity index (χ0v) is 25.6. The van der Waals surface area contributed by atoms with Crippen LogP contribution in [-0.2, 0) is 31.9 Å². The topological polar surface area (TPSA) is 77.4 Å². The van der Waals surface area contributed by atoms with Gasteiger partial charge in [-0.15, -0.1) is 0 Å². The molecule has 2 aromatic carbocycles. The quantitative estimate of drug-likeness (QED) is 0.289. The van der Waals surface area contributed by atoms with Gasteiger partial charge < -0.3 is 28.8 Å². The van der Waals surface area contributed by atoms with Crippen LogP contribution in [0.1, 0.15) is 64.5 Å². The van der Waals surface area contributed by atoms with Crippen LogP contribution in [0.25, 0.3) is 0 Å². The van der Waals surface area contributed by atoms with E-state index in [1.807, 2.05) is 60.7 Å². The third-order valence-electron chi connectivity index (χ3n) is 10.1. The Balaban J connectivity index is 1.55. The van der Waals surface area contributed by atoms with Crippen LogP contribution >= 0.6 is 0 Å². The summed E-state index contributed by atoms with van der Waals surface area (Å²) in [5.41, 5.74) is -0.340. The van der Waals surface area contributed by atoms with Crippen molar-refractivity contribution in [2.24, 2.45) is 5.92 Å². The number of aliphatic hydroxyl groups excluding tert-OH is 1. The van der Waals surface area contributed by atoms with E-state index in [2.05, 4.69) is 27.7 Å². The predicted octanol–water partition coefficient (Wildman–Crippen LogP) is 6.00. The van der Waals surface area contributed by atoms with Crippen molar-refractivity contribution in [2.75, 3.05) is 0 Å². The van der Waals surface area contributed by atoms with Crippen molar-refractivity contribution < 1.29 is 28.8 Å². The predicted molar refractivity (Wildman–Crippen MR) is 158 cm³/mol. The third kappa shape index (κ3) is 5.02. The average Bonchev–Trinajstić information content (AvgIpc) is 3.10. The van der Waals surface area contributed by atoms with Crippen LogP contribution in [0.15, 0.2) is 60.7 Å². The fourth-order valence-electron chi connectivity index (χ4n) is 7.85. The zero-order chi connectivity index (χ0) is 28.4. The molecule has 2 aromatic rings. The van der Waals surface area contributed by atoms with Gasteiger partial charge in [-0.05, 0) is 48.5 Å². The van der Waals surface area contributed by atoms with Crippen molar-refractivity contribution >= 4 is 8.32 Å². The highest BCUT2D eigenvalue weighted by molar-refractivity contribution is 6.73. The normalized spacial score (nSPS) is 35.1. The lowest BCUT2D eigenvalue weighted by atomic mass is 9.56. The molecule has 0 unspecified atom stereocenters. The monoisotopic (exact) mass is 568 g/mol. The molecule has 2 aliphatic carbocycles. The molecule has 7 heteroatoms. The van der Waals surface area contributed by atoms with E-state index < -0.39 is 49.9 Å². The molecule has 0 radical (unpaired) electrons. The maximum Gasteiger partial charge on any atom is 0.192 e. The van der Waals surface area contributed by atoms with Crippen LogP contribution in [0, 0.1) is 5.92 Å². The molecule has 3 aliphatic rings. The summed E-state index contributed by atoms with van der Waals surface area (Å²) in [6.45, 7) is 9.47. The molecule has 3 fully saturated rings. The van der Waals surface area contributed by atoms with Crippen molar-refractivity contribution in [3.05, 3.63) is 71.8 Å².